The van der Waals surface area contributed by atoms with Gasteiger partial charge < -0.3 is 10.7 Å². The second-order valence-corrected chi connectivity index (χ2v) is 5.26. The molecule has 0 aliphatic carbocycles. The molecule has 0 spiro atoms. The van der Waals surface area contributed by atoms with E-state index >= 15 is 0 Å². The zero-order chi connectivity index (χ0) is 15.4. The fourth-order valence-corrected chi connectivity index (χ4v) is 2.24. The number of nitrogens with one attached hydrogen (secondary N) is 1. The minimum Gasteiger partial charge on any atom is -0.341 e. The van der Waals surface area contributed by atoms with Gasteiger partial charge in [0.15, 0.2) is 0 Å². The van der Waals surface area contributed by atoms with Crippen molar-refractivity contribution in [1.29, 1.82) is 0 Å². The van der Waals surface area contributed by atoms with Crippen LogP contribution in [0, 0.1) is 10.1 Å². The third kappa shape index (κ3) is 3.59. The number of aromatic nitrogens is 2. The number of unbranched alkanes of at least 4 members (excludes halogenated alkanes) is 1. The summed E-state index contributed by atoms with van der Waals surface area (Å²) in [4.78, 5) is 17.8. The van der Waals surface area contributed by atoms with Crippen LogP contribution in [-0.4, -0.2) is 14.9 Å². The molecule has 1 heterocycles. The van der Waals surface area contributed by atoms with Gasteiger partial charge in [-0.2, -0.15) is 0 Å². The molecule has 0 fully saturated rings. The van der Waals surface area contributed by atoms with Crippen LogP contribution in [0.4, 0.5) is 5.69 Å². The number of hydrogen-bond donors (Lipinski definition) is 2. The van der Waals surface area contributed by atoms with Gasteiger partial charge in [0.1, 0.15) is 10.8 Å². The molecular weight excluding hydrogens is 292 g/mol. The largest absolute Gasteiger partial charge is 0.341 e. The molecule has 112 valence electrons. The van der Waals surface area contributed by atoms with Gasteiger partial charge in [-0.1, -0.05) is 37.4 Å². The maximum atomic E-state index is 10.9. The normalized spacial score (nSPS) is 12.3. The minimum atomic E-state index is -0.504. The second kappa shape index (κ2) is 6.69. The number of rotatable bonds is 6. The molecule has 0 saturated carbocycles. The number of hydrogen-bond acceptors (Lipinski definition) is 4. The van der Waals surface area contributed by atoms with Crippen molar-refractivity contribution in [3.63, 3.8) is 0 Å². The summed E-state index contributed by atoms with van der Waals surface area (Å²) in [5, 5.41) is 11.0. The Morgan fingerprint density at radius 1 is 1.52 bits per heavy atom. The van der Waals surface area contributed by atoms with Gasteiger partial charge >= 0.3 is 0 Å². The fourth-order valence-electron chi connectivity index (χ4n) is 2.05. The van der Waals surface area contributed by atoms with E-state index in [-0.39, 0.29) is 16.8 Å². The molecule has 1 aromatic heterocycles. The number of nitrogens with two attached hydrogens (primary N) is 1. The van der Waals surface area contributed by atoms with E-state index in [9.17, 15) is 10.1 Å². The van der Waals surface area contributed by atoms with E-state index in [1.54, 1.807) is 12.3 Å². The van der Waals surface area contributed by atoms with E-state index in [0.29, 0.717) is 17.1 Å². The number of nitro groups is 1. The van der Waals surface area contributed by atoms with Gasteiger partial charge in [0.25, 0.3) is 5.69 Å². The average Bonchev–Trinajstić information content (AvgIpc) is 2.94. The van der Waals surface area contributed by atoms with Crippen LogP contribution in [-0.2, 0) is 0 Å². The Kier molecular flexibility index (Phi) is 4.93. The number of benzene rings is 1. The lowest BCUT2D eigenvalue weighted by Gasteiger charge is -2.07. The van der Waals surface area contributed by atoms with Crippen molar-refractivity contribution in [2.75, 3.05) is 0 Å². The standard InChI is InChI=1S/C14H17ClN4O2/c1-2-3-4-11(16)14-17-8-12(18-14)9-5-6-10(15)13(7-9)19(20)21/h5-8,11H,2-4,16H2,1H3,(H,17,18). The number of imidazole rings is 1. The third-order valence-corrected chi connectivity index (χ3v) is 3.59. The fraction of sp³-hybridized carbons (Fsp3) is 0.357. The Morgan fingerprint density at radius 3 is 2.95 bits per heavy atom. The van der Waals surface area contributed by atoms with E-state index in [4.69, 9.17) is 17.3 Å². The van der Waals surface area contributed by atoms with Crippen LogP contribution in [0.5, 0.6) is 0 Å². The molecule has 1 atom stereocenters. The summed E-state index contributed by atoms with van der Waals surface area (Å²) in [6, 6.07) is 4.49. The lowest BCUT2D eigenvalue weighted by molar-refractivity contribution is -0.384. The first kappa shape index (κ1) is 15.5. The Balaban J connectivity index is 2.25. The summed E-state index contributed by atoms with van der Waals surface area (Å²) < 4.78 is 0. The number of nitro benzene ring substituents is 1. The number of halogens is 1. The van der Waals surface area contributed by atoms with E-state index in [1.165, 1.54) is 12.1 Å². The van der Waals surface area contributed by atoms with Crippen LogP contribution >= 0.6 is 11.6 Å². The summed E-state index contributed by atoms with van der Waals surface area (Å²) in [6.45, 7) is 2.10. The van der Waals surface area contributed by atoms with E-state index in [1.807, 2.05) is 0 Å². The zero-order valence-corrected chi connectivity index (χ0v) is 12.4. The molecule has 0 aliphatic rings. The highest BCUT2D eigenvalue weighted by molar-refractivity contribution is 6.32. The van der Waals surface area contributed by atoms with Gasteiger partial charge in [-0.25, -0.2) is 4.98 Å². The number of H-pyrrole nitrogens is 1. The van der Waals surface area contributed by atoms with Crippen LogP contribution < -0.4 is 5.73 Å². The van der Waals surface area contributed by atoms with E-state index in [2.05, 4.69) is 16.9 Å². The molecule has 2 aromatic rings. The van der Waals surface area contributed by atoms with E-state index < -0.39 is 4.92 Å². The van der Waals surface area contributed by atoms with Crippen LogP contribution in [0.15, 0.2) is 24.4 Å². The van der Waals surface area contributed by atoms with Gasteiger partial charge in [0.2, 0.25) is 0 Å². The van der Waals surface area contributed by atoms with Gasteiger partial charge in [-0.3, -0.25) is 10.1 Å². The Bertz CT molecular complexity index is 642. The Morgan fingerprint density at radius 2 is 2.29 bits per heavy atom. The van der Waals surface area contributed by atoms with Crippen molar-refractivity contribution < 1.29 is 4.92 Å². The minimum absolute atomic E-state index is 0.114. The van der Waals surface area contributed by atoms with Gasteiger partial charge in [-0.05, 0) is 12.5 Å². The van der Waals surface area contributed by atoms with Crippen molar-refractivity contribution in [3.05, 3.63) is 45.4 Å². The molecule has 2 rings (SSSR count). The highest BCUT2D eigenvalue weighted by Gasteiger charge is 2.16. The Labute approximate surface area is 127 Å². The molecule has 1 aromatic carbocycles. The molecule has 7 heteroatoms. The topological polar surface area (TPSA) is 97.8 Å². The highest BCUT2D eigenvalue weighted by Crippen LogP contribution is 2.30. The quantitative estimate of drug-likeness (QED) is 0.626. The predicted octanol–water partition coefficient (Wildman–Crippen LogP) is 3.83. The first-order chi connectivity index (χ1) is 10.0. The van der Waals surface area contributed by atoms with E-state index in [0.717, 1.165) is 19.3 Å². The molecule has 21 heavy (non-hydrogen) atoms. The summed E-state index contributed by atoms with van der Waals surface area (Å²) in [5.74, 6) is 0.691. The SMILES string of the molecule is CCCCC(N)c1ncc(-c2ccc(Cl)c([N+](=O)[O-])c2)[nH]1. The molecule has 0 radical (unpaired) electrons. The summed E-state index contributed by atoms with van der Waals surface area (Å²) >= 11 is 5.80. The molecular formula is C14H17ClN4O2. The molecule has 0 aliphatic heterocycles. The number of aromatic amines is 1. The van der Waals surface area contributed by atoms with Crippen LogP contribution in [0.2, 0.25) is 5.02 Å². The highest BCUT2D eigenvalue weighted by atomic mass is 35.5. The van der Waals surface area contributed by atoms with Crippen molar-refractivity contribution in [2.24, 2.45) is 5.73 Å². The summed E-state index contributed by atoms with van der Waals surface area (Å²) in [6.07, 6.45) is 4.59. The maximum Gasteiger partial charge on any atom is 0.288 e. The first-order valence-corrected chi connectivity index (χ1v) is 7.15. The van der Waals surface area contributed by atoms with Gasteiger partial charge in [-0.15, -0.1) is 0 Å². The molecule has 0 bridgehead atoms. The number of nitrogens with zero attached hydrogens (tertiary/aromatic N) is 2. The molecule has 0 amide bonds. The molecule has 3 N–H and O–H groups in total. The Hall–Kier alpha value is -1.92. The summed E-state index contributed by atoms with van der Waals surface area (Å²) in [5.41, 5.74) is 7.28. The maximum absolute atomic E-state index is 10.9. The lowest BCUT2D eigenvalue weighted by atomic mass is 10.1. The molecule has 6 nitrogen and oxygen atoms in total. The molecule has 1 unspecified atom stereocenters. The van der Waals surface area contributed by atoms with Crippen LogP contribution in [0.25, 0.3) is 11.3 Å². The average molecular weight is 309 g/mol. The van der Waals surface area contributed by atoms with Crippen LogP contribution in [0.1, 0.15) is 38.1 Å². The van der Waals surface area contributed by atoms with Crippen molar-refractivity contribution >= 4 is 17.3 Å². The van der Waals surface area contributed by atoms with Gasteiger partial charge in [0, 0.05) is 11.6 Å². The monoisotopic (exact) mass is 308 g/mol. The van der Waals surface area contributed by atoms with Gasteiger partial charge in [0.05, 0.1) is 22.9 Å². The summed E-state index contributed by atoms with van der Waals surface area (Å²) in [7, 11) is 0. The first-order valence-electron chi connectivity index (χ1n) is 6.77. The molecule has 0 saturated heterocycles. The lowest BCUT2D eigenvalue weighted by Crippen LogP contribution is -2.11. The van der Waals surface area contributed by atoms with Crippen molar-refractivity contribution in [2.45, 2.75) is 32.2 Å². The predicted molar refractivity (Wildman–Crippen MR) is 82.1 cm³/mol. The van der Waals surface area contributed by atoms with Crippen molar-refractivity contribution in [3.8, 4) is 11.3 Å². The van der Waals surface area contributed by atoms with Crippen LogP contribution in [0.3, 0.4) is 0 Å². The van der Waals surface area contributed by atoms with Crippen molar-refractivity contribution in [1.82, 2.24) is 9.97 Å². The zero-order valence-electron chi connectivity index (χ0n) is 11.7. The third-order valence-electron chi connectivity index (χ3n) is 3.27. The smallest absolute Gasteiger partial charge is 0.288 e. The second-order valence-electron chi connectivity index (χ2n) is 4.85.